The van der Waals surface area contributed by atoms with Gasteiger partial charge >= 0.3 is 5.69 Å². The number of H-pyrrole nitrogens is 1. The third-order valence-electron chi connectivity index (χ3n) is 3.77. The summed E-state index contributed by atoms with van der Waals surface area (Å²) in [5.74, 6) is 0.530. The third-order valence-corrected chi connectivity index (χ3v) is 4.01. The summed E-state index contributed by atoms with van der Waals surface area (Å²) in [6, 6.07) is 11.0. The van der Waals surface area contributed by atoms with E-state index in [-0.39, 0.29) is 5.69 Å². The van der Waals surface area contributed by atoms with Crippen molar-refractivity contribution in [2.45, 2.75) is 0 Å². The number of benzene rings is 2. The summed E-state index contributed by atoms with van der Waals surface area (Å²) in [5.41, 5.74) is 1.95. The molecule has 0 unspecified atom stereocenters. The van der Waals surface area contributed by atoms with Gasteiger partial charge < -0.3 is 5.32 Å². The highest BCUT2D eigenvalue weighted by Gasteiger charge is 2.12. The van der Waals surface area contributed by atoms with E-state index in [2.05, 4.69) is 20.5 Å². The maximum atomic E-state index is 12.5. The molecule has 0 bridgehead atoms. The molecule has 2 aromatic carbocycles. The predicted molar refractivity (Wildman–Crippen MR) is 91.5 cm³/mol. The van der Waals surface area contributed by atoms with Crippen molar-refractivity contribution in [1.29, 1.82) is 0 Å². The molecule has 0 aliphatic carbocycles. The summed E-state index contributed by atoms with van der Waals surface area (Å²) in [4.78, 5) is 16.7. The lowest BCUT2D eigenvalue weighted by Gasteiger charge is -2.13. The summed E-state index contributed by atoms with van der Waals surface area (Å²) in [6.45, 7) is 0. The standard InChI is InChI=1S/C16H12ClN5O/c1-18-15-12-4-2-10(17)7-14(12)22(16(23)20-15)11-3-5-13-9(6-11)8-19-21-13/h2-8H,1H3,(H,19,21)(H,18,20,23). The number of anilines is 1. The van der Waals surface area contributed by atoms with Gasteiger partial charge in [0, 0.05) is 22.8 Å². The van der Waals surface area contributed by atoms with Crippen LogP contribution in [0.25, 0.3) is 27.5 Å². The lowest BCUT2D eigenvalue weighted by Crippen LogP contribution is -2.23. The van der Waals surface area contributed by atoms with Crippen LogP contribution in [0.2, 0.25) is 5.02 Å². The maximum absolute atomic E-state index is 12.5. The van der Waals surface area contributed by atoms with E-state index >= 15 is 0 Å². The molecule has 0 fully saturated rings. The van der Waals surface area contributed by atoms with Crippen molar-refractivity contribution < 1.29 is 0 Å². The number of aromatic nitrogens is 4. The van der Waals surface area contributed by atoms with Crippen LogP contribution in [0.5, 0.6) is 0 Å². The van der Waals surface area contributed by atoms with Crippen LogP contribution in [0.4, 0.5) is 5.82 Å². The molecule has 0 atom stereocenters. The molecule has 2 heterocycles. The maximum Gasteiger partial charge on any atom is 0.354 e. The number of rotatable bonds is 2. The molecule has 7 heteroatoms. The van der Waals surface area contributed by atoms with Gasteiger partial charge in [0.2, 0.25) is 0 Å². The topological polar surface area (TPSA) is 75.6 Å². The number of nitrogens with one attached hydrogen (secondary N) is 2. The molecule has 4 aromatic rings. The Bertz CT molecular complexity index is 1100. The minimum Gasteiger partial charge on any atom is -0.372 e. The number of hydrogen-bond donors (Lipinski definition) is 2. The van der Waals surface area contributed by atoms with Gasteiger partial charge in [0.25, 0.3) is 0 Å². The zero-order valence-electron chi connectivity index (χ0n) is 12.2. The molecule has 23 heavy (non-hydrogen) atoms. The minimum absolute atomic E-state index is 0.369. The Labute approximate surface area is 135 Å². The van der Waals surface area contributed by atoms with Crippen molar-refractivity contribution in [2.24, 2.45) is 0 Å². The van der Waals surface area contributed by atoms with Crippen LogP contribution < -0.4 is 11.0 Å². The molecule has 0 amide bonds. The molecule has 6 nitrogen and oxygen atoms in total. The first-order chi connectivity index (χ1) is 11.2. The van der Waals surface area contributed by atoms with Gasteiger partial charge in [0.05, 0.1) is 22.9 Å². The molecule has 0 radical (unpaired) electrons. The number of aromatic amines is 1. The SMILES string of the molecule is CNc1nc(=O)n(-c2ccc3[nH]ncc3c2)c2cc(Cl)ccc12. The van der Waals surface area contributed by atoms with E-state index in [1.54, 1.807) is 29.9 Å². The number of nitrogens with zero attached hydrogens (tertiary/aromatic N) is 3. The highest BCUT2D eigenvalue weighted by Crippen LogP contribution is 2.26. The van der Waals surface area contributed by atoms with Crippen LogP contribution in [0.1, 0.15) is 0 Å². The Hall–Kier alpha value is -2.86. The van der Waals surface area contributed by atoms with E-state index in [1.807, 2.05) is 24.3 Å². The van der Waals surface area contributed by atoms with Crippen molar-refractivity contribution in [3.63, 3.8) is 0 Å². The molecular weight excluding hydrogens is 314 g/mol. The van der Waals surface area contributed by atoms with Crippen molar-refractivity contribution in [2.75, 3.05) is 12.4 Å². The normalized spacial score (nSPS) is 11.2. The van der Waals surface area contributed by atoms with Crippen LogP contribution in [0.15, 0.2) is 47.4 Å². The fourth-order valence-electron chi connectivity index (χ4n) is 2.71. The van der Waals surface area contributed by atoms with Crippen LogP contribution in [-0.4, -0.2) is 26.8 Å². The monoisotopic (exact) mass is 325 g/mol. The predicted octanol–water partition coefficient (Wildman–Crippen LogP) is 2.96. The van der Waals surface area contributed by atoms with E-state index in [4.69, 9.17) is 11.6 Å². The molecule has 0 saturated heterocycles. The lowest BCUT2D eigenvalue weighted by molar-refractivity contribution is 0.963. The molecule has 0 saturated carbocycles. The molecule has 2 N–H and O–H groups in total. The minimum atomic E-state index is -0.369. The van der Waals surface area contributed by atoms with Crippen LogP contribution in [0.3, 0.4) is 0 Å². The largest absolute Gasteiger partial charge is 0.372 e. The zero-order valence-corrected chi connectivity index (χ0v) is 12.9. The van der Waals surface area contributed by atoms with Gasteiger partial charge in [-0.15, -0.1) is 0 Å². The summed E-state index contributed by atoms with van der Waals surface area (Å²) >= 11 is 6.13. The van der Waals surface area contributed by atoms with Gasteiger partial charge in [-0.3, -0.25) is 9.67 Å². The number of halogens is 1. The van der Waals surface area contributed by atoms with Crippen molar-refractivity contribution in [1.82, 2.24) is 19.7 Å². The van der Waals surface area contributed by atoms with Crippen LogP contribution in [0, 0.1) is 0 Å². The van der Waals surface area contributed by atoms with E-state index < -0.39 is 0 Å². The number of hydrogen-bond acceptors (Lipinski definition) is 4. The van der Waals surface area contributed by atoms with Crippen LogP contribution >= 0.6 is 11.6 Å². The Morgan fingerprint density at radius 1 is 1.22 bits per heavy atom. The Balaban J connectivity index is 2.11. The molecule has 0 aliphatic rings. The summed E-state index contributed by atoms with van der Waals surface area (Å²) < 4.78 is 1.55. The van der Waals surface area contributed by atoms with Gasteiger partial charge in [0.15, 0.2) is 0 Å². The Kier molecular flexibility index (Phi) is 3.06. The van der Waals surface area contributed by atoms with Gasteiger partial charge in [-0.25, -0.2) is 4.79 Å². The fourth-order valence-corrected chi connectivity index (χ4v) is 2.87. The second-order valence-electron chi connectivity index (χ2n) is 5.13. The van der Waals surface area contributed by atoms with Gasteiger partial charge in [0.1, 0.15) is 5.82 Å². The highest BCUT2D eigenvalue weighted by atomic mass is 35.5. The van der Waals surface area contributed by atoms with Crippen LogP contribution in [-0.2, 0) is 0 Å². The van der Waals surface area contributed by atoms with Gasteiger partial charge in [-0.1, -0.05) is 11.6 Å². The van der Waals surface area contributed by atoms with Crippen molar-refractivity contribution >= 4 is 39.2 Å². The van der Waals surface area contributed by atoms with Gasteiger partial charge in [-0.05, 0) is 36.4 Å². The first-order valence-corrected chi connectivity index (χ1v) is 7.39. The molecule has 114 valence electrons. The van der Waals surface area contributed by atoms with Crippen molar-refractivity contribution in [3.05, 3.63) is 58.1 Å². The van der Waals surface area contributed by atoms with E-state index in [9.17, 15) is 4.79 Å². The summed E-state index contributed by atoms with van der Waals surface area (Å²) in [7, 11) is 1.73. The quantitative estimate of drug-likeness (QED) is 0.594. The first-order valence-electron chi connectivity index (χ1n) is 7.01. The zero-order chi connectivity index (χ0) is 16.0. The Morgan fingerprint density at radius 2 is 2.09 bits per heavy atom. The van der Waals surface area contributed by atoms with E-state index in [1.165, 1.54) is 0 Å². The summed E-state index contributed by atoms with van der Waals surface area (Å²) in [6.07, 6.45) is 1.72. The molecule has 4 rings (SSSR count). The molecule has 0 spiro atoms. The van der Waals surface area contributed by atoms with E-state index in [0.717, 1.165) is 16.3 Å². The molecule has 0 aliphatic heterocycles. The molecule has 2 aromatic heterocycles. The van der Waals surface area contributed by atoms with Gasteiger partial charge in [-0.2, -0.15) is 10.1 Å². The van der Waals surface area contributed by atoms with E-state index in [0.29, 0.717) is 22.0 Å². The summed E-state index contributed by atoms with van der Waals surface area (Å²) in [5, 5.41) is 12.1. The molecular formula is C16H12ClN5O. The average Bonchev–Trinajstić information content (AvgIpc) is 3.01. The highest BCUT2D eigenvalue weighted by molar-refractivity contribution is 6.31. The second kappa shape index (κ2) is 5.10. The smallest absolute Gasteiger partial charge is 0.354 e. The first kappa shape index (κ1) is 13.8. The third kappa shape index (κ3) is 2.15. The van der Waals surface area contributed by atoms with Crippen molar-refractivity contribution in [3.8, 4) is 5.69 Å². The lowest BCUT2D eigenvalue weighted by atomic mass is 10.2. The Morgan fingerprint density at radius 3 is 2.91 bits per heavy atom. The second-order valence-corrected chi connectivity index (χ2v) is 5.57. The fraction of sp³-hybridized carbons (Fsp3) is 0.0625. The average molecular weight is 326 g/mol. The number of fused-ring (bicyclic) bond motifs is 2.